The molecule has 0 fully saturated rings. The van der Waals surface area contributed by atoms with Crippen molar-refractivity contribution in [3.05, 3.63) is 77.9 Å². The third-order valence-electron chi connectivity index (χ3n) is 7.33. The monoisotopic (exact) mass is 578 g/mol. The van der Waals surface area contributed by atoms with Crippen LogP contribution in [0.25, 0.3) is 0 Å². The lowest BCUT2D eigenvalue weighted by atomic mass is 10.0. The molecule has 0 N–H and O–H groups in total. The number of carbonyl (C=O) groups excluding carboxylic acids is 2. The molecule has 9 heteroatoms. The van der Waals surface area contributed by atoms with Crippen molar-refractivity contribution in [2.24, 2.45) is 0 Å². The van der Waals surface area contributed by atoms with Gasteiger partial charge in [-0.25, -0.2) is 0 Å². The molecule has 41 heavy (non-hydrogen) atoms. The Kier molecular flexibility index (Phi) is 10.2. The van der Waals surface area contributed by atoms with Gasteiger partial charge in [0.1, 0.15) is 5.75 Å². The number of methoxy groups -OCH3 is 3. The summed E-state index contributed by atoms with van der Waals surface area (Å²) in [5.41, 5.74) is 2.83. The summed E-state index contributed by atoms with van der Waals surface area (Å²) in [5.74, 6) is 1.39. The number of hydrogen-bond acceptors (Lipinski definition) is 8. The molecule has 218 valence electrons. The molecule has 3 aromatic rings. The van der Waals surface area contributed by atoms with Gasteiger partial charge in [-0.3, -0.25) is 9.59 Å². The van der Waals surface area contributed by atoms with Crippen molar-refractivity contribution < 1.29 is 28.5 Å². The van der Waals surface area contributed by atoms with E-state index < -0.39 is 17.3 Å². The van der Waals surface area contributed by atoms with Gasteiger partial charge in [-0.1, -0.05) is 30.3 Å². The van der Waals surface area contributed by atoms with Gasteiger partial charge < -0.3 is 28.7 Å². The largest absolute Gasteiger partial charge is 0.497 e. The van der Waals surface area contributed by atoms with Crippen molar-refractivity contribution in [1.29, 1.82) is 0 Å². The number of carbonyl (C=O) groups is 2. The Hall–Kier alpha value is -3.69. The van der Waals surface area contributed by atoms with Crippen LogP contribution in [0.15, 0.2) is 71.6 Å². The SMILES string of the molecule is COc1ccc(C2Sc3ccccc3N(CC(C)N(C)CCc3ccc(OC)c(OC)c3)C(=O)C2OC(C)=O)cc1. The minimum Gasteiger partial charge on any atom is -0.497 e. The Morgan fingerprint density at radius 2 is 1.68 bits per heavy atom. The first-order chi connectivity index (χ1) is 19.7. The molecule has 1 aliphatic rings. The standard InChI is InChI=1S/C32H38N2O6S/c1-21(33(3)18-17-23-11-16-27(38-5)28(19-23)39-6)20-34-26-9-7-8-10-29(26)41-31(30(32(34)36)40-22(2)35)24-12-14-25(37-4)15-13-24/h7-16,19,21,30-31H,17-18,20H2,1-6H3. The van der Waals surface area contributed by atoms with Crippen LogP contribution in [0.3, 0.4) is 0 Å². The second-order valence-corrected chi connectivity index (χ2v) is 11.2. The average molecular weight is 579 g/mol. The smallest absolute Gasteiger partial charge is 0.303 e. The van der Waals surface area contributed by atoms with Crippen molar-refractivity contribution in [1.82, 2.24) is 4.90 Å². The van der Waals surface area contributed by atoms with Crippen molar-refractivity contribution >= 4 is 29.3 Å². The zero-order valence-electron chi connectivity index (χ0n) is 24.5. The lowest BCUT2D eigenvalue weighted by molar-refractivity contribution is -0.152. The van der Waals surface area contributed by atoms with E-state index in [2.05, 4.69) is 18.9 Å². The molecule has 0 aromatic heterocycles. The Labute approximate surface area is 246 Å². The van der Waals surface area contributed by atoms with Crippen molar-refractivity contribution in [2.45, 2.75) is 42.6 Å². The van der Waals surface area contributed by atoms with Gasteiger partial charge in [-0.2, -0.15) is 0 Å². The topological polar surface area (TPSA) is 77.5 Å². The molecule has 0 saturated heterocycles. The number of likely N-dealkylation sites (N-methyl/N-ethyl adjacent to an activating group) is 1. The van der Waals surface area contributed by atoms with Gasteiger partial charge in [-0.05, 0) is 67.9 Å². The van der Waals surface area contributed by atoms with E-state index in [-0.39, 0.29) is 11.9 Å². The first kappa shape index (κ1) is 30.3. The number of rotatable bonds is 11. The quantitative estimate of drug-likeness (QED) is 0.281. The summed E-state index contributed by atoms with van der Waals surface area (Å²) in [6, 6.07) is 21.4. The lowest BCUT2D eigenvalue weighted by Crippen LogP contribution is -2.48. The van der Waals surface area contributed by atoms with Crippen LogP contribution >= 0.6 is 11.8 Å². The molecule has 0 spiro atoms. The number of para-hydroxylation sites is 1. The molecule has 4 rings (SSSR count). The molecule has 0 bridgehead atoms. The fourth-order valence-corrected chi connectivity index (χ4v) is 6.18. The first-order valence-electron chi connectivity index (χ1n) is 13.5. The van der Waals surface area contributed by atoms with Crippen LogP contribution < -0.4 is 19.1 Å². The van der Waals surface area contributed by atoms with E-state index in [0.29, 0.717) is 18.0 Å². The number of benzene rings is 3. The Morgan fingerprint density at radius 3 is 2.34 bits per heavy atom. The third-order valence-corrected chi connectivity index (χ3v) is 8.70. The van der Waals surface area contributed by atoms with Crippen LogP contribution in [0.1, 0.15) is 30.2 Å². The maximum Gasteiger partial charge on any atom is 0.303 e. The van der Waals surface area contributed by atoms with Crippen LogP contribution in [0.5, 0.6) is 17.2 Å². The van der Waals surface area contributed by atoms with E-state index in [0.717, 1.165) is 40.4 Å². The molecule has 1 aliphatic heterocycles. The normalized spacial score (nSPS) is 17.4. The summed E-state index contributed by atoms with van der Waals surface area (Å²) in [7, 11) is 6.92. The van der Waals surface area contributed by atoms with E-state index >= 15 is 0 Å². The number of thioether (sulfide) groups is 1. The number of amides is 1. The Balaban J connectivity index is 1.57. The zero-order chi connectivity index (χ0) is 29.5. The van der Waals surface area contributed by atoms with Crippen LogP contribution in [-0.2, 0) is 20.7 Å². The van der Waals surface area contributed by atoms with Gasteiger partial charge in [0.05, 0.1) is 32.3 Å². The predicted molar refractivity (Wildman–Crippen MR) is 161 cm³/mol. The van der Waals surface area contributed by atoms with Gasteiger partial charge in [0, 0.05) is 31.0 Å². The van der Waals surface area contributed by atoms with Crippen LogP contribution in [0.4, 0.5) is 5.69 Å². The summed E-state index contributed by atoms with van der Waals surface area (Å²) in [4.78, 5) is 31.4. The lowest BCUT2D eigenvalue weighted by Gasteiger charge is -2.33. The van der Waals surface area contributed by atoms with E-state index in [1.807, 2.05) is 66.7 Å². The number of fused-ring (bicyclic) bond motifs is 1. The highest BCUT2D eigenvalue weighted by atomic mass is 32.2. The van der Waals surface area contributed by atoms with E-state index in [1.165, 1.54) is 18.7 Å². The molecule has 3 unspecified atom stereocenters. The second-order valence-electron chi connectivity index (χ2n) is 10.0. The molecule has 3 atom stereocenters. The molecular formula is C32H38N2O6S. The van der Waals surface area contributed by atoms with Crippen LogP contribution in [0, 0.1) is 0 Å². The molecule has 0 radical (unpaired) electrons. The molecule has 0 aliphatic carbocycles. The minimum atomic E-state index is -0.984. The number of esters is 1. The Morgan fingerprint density at radius 1 is 0.976 bits per heavy atom. The van der Waals surface area contributed by atoms with E-state index in [1.54, 1.807) is 26.2 Å². The Bertz CT molecular complexity index is 1350. The van der Waals surface area contributed by atoms with Crippen molar-refractivity contribution in [3.8, 4) is 17.2 Å². The van der Waals surface area contributed by atoms with Gasteiger partial charge in [0.25, 0.3) is 5.91 Å². The molecule has 0 saturated carbocycles. The highest BCUT2D eigenvalue weighted by Crippen LogP contribution is 2.47. The molecular weight excluding hydrogens is 540 g/mol. The highest BCUT2D eigenvalue weighted by molar-refractivity contribution is 7.99. The molecule has 3 aromatic carbocycles. The first-order valence-corrected chi connectivity index (χ1v) is 14.4. The fourth-order valence-electron chi connectivity index (χ4n) is 4.86. The summed E-state index contributed by atoms with van der Waals surface area (Å²) < 4.78 is 21.9. The van der Waals surface area contributed by atoms with E-state index in [4.69, 9.17) is 18.9 Å². The van der Waals surface area contributed by atoms with Gasteiger partial charge in [-0.15, -0.1) is 11.8 Å². The summed E-state index contributed by atoms with van der Waals surface area (Å²) in [6.07, 6.45) is -0.181. The van der Waals surface area contributed by atoms with Crippen LogP contribution in [0.2, 0.25) is 0 Å². The van der Waals surface area contributed by atoms with Crippen molar-refractivity contribution in [2.75, 3.05) is 46.4 Å². The number of hydrogen-bond donors (Lipinski definition) is 0. The summed E-state index contributed by atoms with van der Waals surface area (Å²) in [5, 5.41) is -0.415. The highest BCUT2D eigenvalue weighted by Gasteiger charge is 2.41. The number of nitrogens with zero attached hydrogens (tertiary/aromatic N) is 2. The molecule has 1 heterocycles. The maximum absolute atomic E-state index is 14.2. The summed E-state index contributed by atoms with van der Waals surface area (Å²) >= 11 is 1.54. The number of anilines is 1. The minimum absolute atomic E-state index is 0.0210. The fraction of sp³-hybridized carbons (Fsp3) is 0.375. The molecule has 8 nitrogen and oxygen atoms in total. The second kappa shape index (κ2) is 13.8. The molecule has 1 amide bonds. The zero-order valence-corrected chi connectivity index (χ0v) is 25.3. The van der Waals surface area contributed by atoms with Gasteiger partial charge in [0.2, 0.25) is 0 Å². The summed E-state index contributed by atoms with van der Waals surface area (Å²) in [6.45, 7) is 4.66. The average Bonchev–Trinajstić information content (AvgIpc) is 3.10. The third kappa shape index (κ3) is 7.15. The number of ether oxygens (including phenoxy) is 4. The maximum atomic E-state index is 14.2. The van der Waals surface area contributed by atoms with Crippen molar-refractivity contribution in [3.63, 3.8) is 0 Å². The van der Waals surface area contributed by atoms with E-state index in [9.17, 15) is 9.59 Å². The van der Waals surface area contributed by atoms with Gasteiger partial charge >= 0.3 is 5.97 Å². The predicted octanol–water partition coefficient (Wildman–Crippen LogP) is 5.39. The van der Waals surface area contributed by atoms with Crippen LogP contribution in [-0.4, -0.2) is 70.4 Å². The van der Waals surface area contributed by atoms with Gasteiger partial charge in [0.15, 0.2) is 17.6 Å².